The second-order valence-corrected chi connectivity index (χ2v) is 6.41. The van der Waals surface area contributed by atoms with Crippen molar-refractivity contribution in [1.82, 2.24) is 5.32 Å². The van der Waals surface area contributed by atoms with Crippen molar-refractivity contribution < 1.29 is 13.0 Å². The maximum atomic E-state index is 11.4. The van der Waals surface area contributed by atoms with Gasteiger partial charge in [-0.25, -0.2) is 0 Å². The fourth-order valence-electron chi connectivity index (χ4n) is 2.28. The molecule has 0 bridgehead atoms. The van der Waals surface area contributed by atoms with Gasteiger partial charge < -0.3 is 11.1 Å². The predicted octanol–water partition coefficient (Wildman–Crippen LogP) is 0.538. The minimum absolute atomic E-state index is 0.0692. The molecule has 0 spiro atoms. The minimum atomic E-state index is -3.97. The third-order valence-corrected chi connectivity index (χ3v) is 4.76. The summed E-state index contributed by atoms with van der Waals surface area (Å²) in [7, 11) is -3.97. The number of hydrogen-bond acceptors (Lipinski definition) is 4. The van der Waals surface area contributed by atoms with Crippen molar-refractivity contribution in [3.63, 3.8) is 0 Å². The van der Waals surface area contributed by atoms with E-state index in [1.54, 1.807) is 0 Å². The molecule has 1 aliphatic carbocycles. The van der Waals surface area contributed by atoms with E-state index < -0.39 is 15.4 Å². The van der Waals surface area contributed by atoms with Crippen molar-refractivity contribution >= 4 is 10.1 Å². The molecule has 2 atom stereocenters. The Bertz CT molecular complexity index is 390. The predicted molar refractivity (Wildman–Crippen MR) is 68.4 cm³/mol. The van der Waals surface area contributed by atoms with Crippen LogP contribution < -0.4 is 11.1 Å². The first kappa shape index (κ1) is 14.6. The molecule has 1 aliphatic rings. The zero-order valence-corrected chi connectivity index (χ0v) is 11.3. The lowest BCUT2D eigenvalue weighted by molar-refractivity contribution is 0.385. The zero-order valence-electron chi connectivity index (χ0n) is 10.4. The molecule has 2 unspecified atom stereocenters. The lowest BCUT2D eigenvalue weighted by Gasteiger charge is -2.31. The van der Waals surface area contributed by atoms with Gasteiger partial charge in [0.05, 0.1) is 5.25 Å². The molecule has 0 aromatic heterocycles. The first-order chi connectivity index (χ1) is 7.86. The van der Waals surface area contributed by atoms with Crippen LogP contribution in [0, 0.1) is 5.92 Å². The summed E-state index contributed by atoms with van der Waals surface area (Å²) in [5.41, 5.74) is 7.67. The Morgan fingerprint density at radius 2 is 1.94 bits per heavy atom. The Labute approximate surface area is 103 Å². The quantitative estimate of drug-likeness (QED) is 0.382. The Kier molecular flexibility index (Phi) is 5.12. The highest BCUT2D eigenvalue weighted by atomic mass is 32.2. The van der Waals surface area contributed by atoms with Crippen LogP contribution in [-0.2, 0) is 10.1 Å². The average molecular weight is 262 g/mol. The molecule has 0 radical (unpaired) electrons. The lowest BCUT2D eigenvalue weighted by atomic mass is 9.84. The monoisotopic (exact) mass is 262 g/mol. The minimum Gasteiger partial charge on any atom is -0.329 e. The number of hydrogen-bond donors (Lipinski definition) is 3. The van der Waals surface area contributed by atoms with Crippen LogP contribution in [0.5, 0.6) is 0 Å². The standard InChI is InChI=1S/C11H22N2O3S/c1-8-5-10(7-13-4-3-12)11(6-9(8)2)17(14,15)16/h10-11,13H,3-7,12H2,1-2H3,(H,14,15,16). The summed E-state index contributed by atoms with van der Waals surface area (Å²) >= 11 is 0. The van der Waals surface area contributed by atoms with E-state index in [1.807, 2.05) is 13.8 Å². The van der Waals surface area contributed by atoms with Gasteiger partial charge >= 0.3 is 0 Å². The molecule has 4 N–H and O–H groups in total. The number of nitrogens with two attached hydrogens (primary N) is 1. The highest BCUT2D eigenvalue weighted by Crippen LogP contribution is 2.32. The summed E-state index contributed by atoms with van der Waals surface area (Å²) in [6.45, 7) is 5.71. The molecule has 5 nitrogen and oxygen atoms in total. The van der Waals surface area contributed by atoms with Crippen LogP contribution in [0.2, 0.25) is 0 Å². The third-order valence-electron chi connectivity index (χ3n) is 3.44. The van der Waals surface area contributed by atoms with E-state index in [1.165, 1.54) is 5.57 Å². The van der Waals surface area contributed by atoms with E-state index in [4.69, 9.17) is 5.73 Å². The smallest absolute Gasteiger partial charge is 0.268 e. The van der Waals surface area contributed by atoms with E-state index >= 15 is 0 Å². The number of nitrogens with one attached hydrogen (secondary N) is 1. The Hall–Kier alpha value is -0.430. The second-order valence-electron chi connectivity index (χ2n) is 4.78. The molecule has 0 fully saturated rings. The Morgan fingerprint density at radius 1 is 1.35 bits per heavy atom. The van der Waals surface area contributed by atoms with Gasteiger partial charge in [0, 0.05) is 13.1 Å². The van der Waals surface area contributed by atoms with Crippen LogP contribution in [0.15, 0.2) is 11.1 Å². The molecular weight excluding hydrogens is 240 g/mol. The van der Waals surface area contributed by atoms with Crippen molar-refractivity contribution in [3.8, 4) is 0 Å². The molecule has 0 saturated heterocycles. The first-order valence-corrected chi connectivity index (χ1v) is 7.39. The van der Waals surface area contributed by atoms with Crippen LogP contribution in [0.1, 0.15) is 26.7 Å². The van der Waals surface area contributed by atoms with E-state index in [2.05, 4.69) is 5.32 Å². The molecule has 100 valence electrons. The summed E-state index contributed by atoms with van der Waals surface area (Å²) < 4.78 is 32.0. The van der Waals surface area contributed by atoms with Crippen LogP contribution >= 0.6 is 0 Å². The summed E-state index contributed by atoms with van der Waals surface area (Å²) in [6.07, 6.45) is 1.15. The van der Waals surface area contributed by atoms with Crippen molar-refractivity contribution in [1.29, 1.82) is 0 Å². The Morgan fingerprint density at radius 3 is 2.47 bits per heavy atom. The van der Waals surface area contributed by atoms with Crippen molar-refractivity contribution in [2.45, 2.75) is 31.9 Å². The van der Waals surface area contributed by atoms with E-state index in [0.29, 0.717) is 32.5 Å². The van der Waals surface area contributed by atoms with E-state index in [9.17, 15) is 13.0 Å². The highest BCUT2D eigenvalue weighted by molar-refractivity contribution is 7.86. The van der Waals surface area contributed by atoms with E-state index in [0.717, 1.165) is 5.57 Å². The maximum Gasteiger partial charge on any atom is 0.268 e. The average Bonchev–Trinajstić information content (AvgIpc) is 2.21. The molecule has 0 amide bonds. The van der Waals surface area contributed by atoms with Gasteiger partial charge in [-0.2, -0.15) is 8.42 Å². The van der Waals surface area contributed by atoms with Crippen molar-refractivity contribution in [2.24, 2.45) is 11.7 Å². The van der Waals surface area contributed by atoms with Crippen LogP contribution in [0.3, 0.4) is 0 Å². The topological polar surface area (TPSA) is 92.4 Å². The molecule has 0 heterocycles. The van der Waals surface area contributed by atoms with E-state index in [-0.39, 0.29) is 5.92 Å². The summed E-state index contributed by atoms with van der Waals surface area (Å²) in [5, 5.41) is 2.44. The maximum absolute atomic E-state index is 11.4. The van der Waals surface area contributed by atoms with Gasteiger partial charge in [0.2, 0.25) is 0 Å². The van der Waals surface area contributed by atoms with Gasteiger partial charge in [0.15, 0.2) is 0 Å². The summed E-state index contributed by atoms with van der Waals surface area (Å²) in [5.74, 6) is -0.0692. The Balaban J connectivity index is 2.77. The van der Waals surface area contributed by atoms with Gasteiger partial charge in [0.1, 0.15) is 0 Å². The van der Waals surface area contributed by atoms with Gasteiger partial charge in [-0.15, -0.1) is 0 Å². The SMILES string of the molecule is CC1=C(C)CC(S(=O)(=O)O)C(CNCCN)C1. The summed E-state index contributed by atoms with van der Waals surface area (Å²) in [6, 6.07) is 0. The van der Waals surface area contributed by atoms with Gasteiger partial charge in [-0.1, -0.05) is 11.1 Å². The molecule has 0 saturated carbocycles. The zero-order chi connectivity index (χ0) is 13.1. The van der Waals surface area contributed by atoms with Crippen LogP contribution in [0.25, 0.3) is 0 Å². The molecule has 6 heteroatoms. The first-order valence-electron chi connectivity index (χ1n) is 5.88. The van der Waals surface area contributed by atoms with Crippen LogP contribution in [-0.4, -0.2) is 37.9 Å². The lowest BCUT2D eigenvalue weighted by Crippen LogP contribution is -2.40. The largest absolute Gasteiger partial charge is 0.329 e. The van der Waals surface area contributed by atoms with Gasteiger partial charge in [-0.3, -0.25) is 4.55 Å². The van der Waals surface area contributed by atoms with Crippen LogP contribution in [0.4, 0.5) is 0 Å². The molecule has 17 heavy (non-hydrogen) atoms. The molecule has 0 aromatic rings. The van der Waals surface area contributed by atoms with Crippen molar-refractivity contribution in [2.75, 3.05) is 19.6 Å². The molecule has 0 aliphatic heterocycles. The molecular formula is C11H22N2O3S. The fraction of sp³-hybridized carbons (Fsp3) is 0.818. The number of allylic oxidation sites excluding steroid dienone is 2. The summed E-state index contributed by atoms with van der Waals surface area (Å²) in [4.78, 5) is 0. The second kappa shape index (κ2) is 5.95. The van der Waals surface area contributed by atoms with Gasteiger partial charge in [-0.05, 0) is 39.2 Å². The number of rotatable bonds is 5. The van der Waals surface area contributed by atoms with Gasteiger partial charge in [0.25, 0.3) is 10.1 Å². The normalized spacial score (nSPS) is 26.4. The molecule has 0 aromatic carbocycles. The highest BCUT2D eigenvalue weighted by Gasteiger charge is 2.35. The van der Waals surface area contributed by atoms with Crippen molar-refractivity contribution in [3.05, 3.63) is 11.1 Å². The fourth-order valence-corrected chi connectivity index (χ4v) is 3.42. The molecule has 1 rings (SSSR count). The third kappa shape index (κ3) is 4.06.